The van der Waals surface area contributed by atoms with Gasteiger partial charge in [-0.05, 0) is 42.6 Å². The number of benzene rings is 1. The summed E-state index contributed by atoms with van der Waals surface area (Å²) in [4.78, 5) is 16.7. The number of ether oxygens (including phenoxy) is 1. The van der Waals surface area contributed by atoms with Crippen molar-refractivity contribution in [2.75, 3.05) is 45.9 Å². The van der Waals surface area contributed by atoms with Gasteiger partial charge in [-0.25, -0.2) is 4.39 Å². The molecule has 2 atom stereocenters. The molecule has 1 aromatic carbocycles. The molecule has 1 amide bonds. The average Bonchev–Trinajstić information content (AvgIpc) is 2.97. The Morgan fingerprint density at radius 3 is 2.79 bits per heavy atom. The van der Waals surface area contributed by atoms with Crippen LogP contribution in [-0.2, 0) is 9.53 Å². The first-order chi connectivity index (χ1) is 11.5. The highest BCUT2D eigenvalue weighted by Crippen LogP contribution is 2.28. The van der Waals surface area contributed by atoms with Crippen molar-refractivity contribution >= 4 is 5.91 Å². The van der Waals surface area contributed by atoms with Crippen LogP contribution in [0.25, 0.3) is 0 Å². The second kappa shape index (κ2) is 7.17. The topological polar surface area (TPSA) is 58.8 Å². The minimum Gasteiger partial charge on any atom is -0.370 e. The SMILES string of the molecule is CC1(CN)CCN(CC(=O)N2CCOC(c3ccc(F)cc3)C2)C1. The third-order valence-electron chi connectivity index (χ3n) is 5.15. The number of hydrogen-bond acceptors (Lipinski definition) is 4. The van der Waals surface area contributed by atoms with Crippen LogP contribution in [0.4, 0.5) is 4.39 Å². The number of likely N-dealkylation sites (tertiary alicyclic amines) is 1. The molecule has 0 bridgehead atoms. The Morgan fingerprint density at radius 2 is 2.12 bits per heavy atom. The van der Waals surface area contributed by atoms with Crippen LogP contribution in [0.3, 0.4) is 0 Å². The summed E-state index contributed by atoms with van der Waals surface area (Å²) in [5.74, 6) is -0.133. The summed E-state index contributed by atoms with van der Waals surface area (Å²) < 4.78 is 18.8. The van der Waals surface area contributed by atoms with Gasteiger partial charge >= 0.3 is 0 Å². The quantitative estimate of drug-likeness (QED) is 0.903. The first-order valence-corrected chi connectivity index (χ1v) is 8.56. The van der Waals surface area contributed by atoms with Crippen LogP contribution in [0.2, 0.25) is 0 Å². The Balaban J connectivity index is 1.56. The molecule has 0 spiro atoms. The van der Waals surface area contributed by atoms with Crippen molar-refractivity contribution in [3.05, 3.63) is 35.6 Å². The fraction of sp³-hybridized carbons (Fsp3) is 0.611. The molecule has 2 fully saturated rings. The van der Waals surface area contributed by atoms with Crippen molar-refractivity contribution in [1.82, 2.24) is 9.80 Å². The minimum atomic E-state index is -0.264. The first kappa shape index (κ1) is 17.3. The minimum absolute atomic E-state index is 0.127. The van der Waals surface area contributed by atoms with Crippen molar-refractivity contribution < 1.29 is 13.9 Å². The van der Waals surface area contributed by atoms with Gasteiger partial charge < -0.3 is 15.4 Å². The summed E-state index contributed by atoms with van der Waals surface area (Å²) >= 11 is 0. The molecular formula is C18H26FN3O2. The van der Waals surface area contributed by atoms with Crippen molar-refractivity contribution in [2.24, 2.45) is 11.1 Å². The molecule has 1 aromatic rings. The van der Waals surface area contributed by atoms with Crippen molar-refractivity contribution in [3.8, 4) is 0 Å². The van der Waals surface area contributed by atoms with E-state index < -0.39 is 0 Å². The largest absolute Gasteiger partial charge is 0.370 e. The Bertz CT molecular complexity index is 580. The highest BCUT2D eigenvalue weighted by molar-refractivity contribution is 5.78. The molecule has 0 aliphatic carbocycles. The number of halogens is 1. The summed E-state index contributed by atoms with van der Waals surface area (Å²) in [5, 5.41) is 0. The molecule has 0 aromatic heterocycles. The summed E-state index contributed by atoms with van der Waals surface area (Å²) in [6.45, 7) is 6.70. The molecule has 0 saturated carbocycles. The van der Waals surface area contributed by atoms with Gasteiger partial charge in [-0.3, -0.25) is 9.69 Å². The van der Waals surface area contributed by atoms with Gasteiger partial charge in [-0.15, -0.1) is 0 Å². The van der Waals surface area contributed by atoms with Gasteiger partial charge in [0.05, 0.1) is 19.7 Å². The van der Waals surface area contributed by atoms with Gasteiger partial charge in [0.15, 0.2) is 0 Å². The second-order valence-electron chi connectivity index (χ2n) is 7.23. The number of amides is 1. The number of hydrogen-bond donors (Lipinski definition) is 1. The molecule has 2 unspecified atom stereocenters. The second-order valence-corrected chi connectivity index (χ2v) is 7.23. The molecule has 6 heteroatoms. The van der Waals surface area contributed by atoms with Crippen LogP contribution in [0.5, 0.6) is 0 Å². The molecule has 0 radical (unpaired) electrons. The highest BCUT2D eigenvalue weighted by Gasteiger charge is 2.34. The van der Waals surface area contributed by atoms with Crippen molar-refractivity contribution in [1.29, 1.82) is 0 Å². The number of carbonyl (C=O) groups excluding carboxylic acids is 1. The van der Waals surface area contributed by atoms with Gasteiger partial charge in [-0.2, -0.15) is 0 Å². The Kier molecular flexibility index (Phi) is 5.18. The number of nitrogens with zero attached hydrogens (tertiary/aromatic N) is 2. The van der Waals surface area contributed by atoms with Crippen LogP contribution in [-0.4, -0.2) is 61.6 Å². The number of nitrogens with two attached hydrogens (primary N) is 1. The maximum absolute atomic E-state index is 13.1. The van der Waals surface area contributed by atoms with Gasteiger partial charge in [0.1, 0.15) is 11.9 Å². The molecule has 3 rings (SSSR count). The van der Waals surface area contributed by atoms with Crippen molar-refractivity contribution in [3.63, 3.8) is 0 Å². The lowest BCUT2D eigenvalue weighted by Gasteiger charge is -2.34. The van der Waals surface area contributed by atoms with E-state index in [4.69, 9.17) is 10.5 Å². The molecule has 2 aliphatic heterocycles. The zero-order valence-corrected chi connectivity index (χ0v) is 14.2. The normalized spacial score (nSPS) is 28.3. The maximum Gasteiger partial charge on any atom is 0.236 e. The molecule has 132 valence electrons. The summed E-state index contributed by atoms with van der Waals surface area (Å²) in [7, 11) is 0. The van der Waals surface area contributed by atoms with E-state index in [1.54, 1.807) is 12.1 Å². The monoisotopic (exact) mass is 335 g/mol. The number of carbonyl (C=O) groups is 1. The molecule has 2 N–H and O–H groups in total. The fourth-order valence-corrected chi connectivity index (χ4v) is 3.47. The zero-order valence-electron chi connectivity index (χ0n) is 14.2. The fourth-order valence-electron chi connectivity index (χ4n) is 3.47. The smallest absolute Gasteiger partial charge is 0.236 e. The van der Waals surface area contributed by atoms with Gasteiger partial charge in [0, 0.05) is 13.1 Å². The lowest BCUT2D eigenvalue weighted by atomic mass is 9.90. The summed E-state index contributed by atoms with van der Waals surface area (Å²) in [6, 6.07) is 6.30. The molecule has 2 aliphatic rings. The van der Waals surface area contributed by atoms with Crippen LogP contribution < -0.4 is 5.73 Å². The Morgan fingerprint density at radius 1 is 1.38 bits per heavy atom. The zero-order chi connectivity index (χ0) is 17.2. The van der Waals surface area contributed by atoms with Crippen LogP contribution >= 0.6 is 0 Å². The standard InChI is InChI=1S/C18H26FN3O2/c1-18(12-20)6-7-21(13-18)11-17(23)22-8-9-24-16(10-22)14-2-4-15(19)5-3-14/h2-5,16H,6-13,20H2,1H3. The van der Waals surface area contributed by atoms with Crippen LogP contribution in [0, 0.1) is 11.2 Å². The summed E-state index contributed by atoms with van der Waals surface area (Å²) in [5.41, 5.74) is 6.87. The van der Waals surface area contributed by atoms with Gasteiger partial charge in [-0.1, -0.05) is 19.1 Å². The third kappa shape index (κ3) is 3.94. The van der Waals surface area contributed by atoms with Crippen molar-refractivity contribution in [2.45, 2.75) is 19.4 Å². The van der Waals surface area contributed by atoms with Gasteiger partial charge in [0.2, 0.25) is 5.91 Å². The average molecular weight is 335 g/mol. The Labute approximate surface area is 142 Å². The number of rotatable bonds is 4. The molecule has 5 nitrogen and oxygen atoms in total. The Hall–Kier alpha value is -1.50. The van der Waals surface area contributed by atoms with E-state index in [1.165, 1.54) is 12.1 Å². The lowest BCUT2D eigenvalue weighted by Crippen LogP contribution is -2.46. The first-order valence-electron chi connectivity index (χ1n) is 8.56. The third-order valence-corrected chi connectivity index (χ3v) is 5.15. The van der Waals surface area contributed by atoms with E-state index in [0.717, 1.165) is 25.1 Å². The van der Waals surface area contributed by atoms with E-state index in [9.17, 15) is 9.18 Å². The molecule has 24 heavy (non-hydrogen) atoms. The van der Waals surface area contributed by atoms with E-state index in [2.05, 4.69) is 11.8 Å². The molecule has 2 heterocycles. The van der Waals surface area contributed by atoms with E-state index >= 15 is 0 Å². The highest BCUT2D eigenvalue weighted by atomic mass is 19.1. The predicted octanol–water partition coefficient (Wildman–Crippen LogP) is 1.40. The van der Waals surface area contributed by atoms with Crippen LogP contribution in [0.1, 0.15) is 25.0 Å². The molecule has 2 saturated heterocycles. The van der Waals surface area contributed by atoms with E-state index in [1.807, 2.05) is 4.90 Å². The summed E-state index contributed by atoms with van der Waals surface area (Å²) in [6.07, 6.45) is 0.856. The van der Waals surface area contributed by atoms with E-state index in [0.29, 0.717) is 32.8 Å². The maximum atomic E-state index is 13.1. The van der Waals surface area contributed by atoms with Crippen LogP contribution in [0.15, 0.2) is 24.3 Å². The predicted molar refractivity (Wildman–Crippen MR) is 89.9 cm³/mol. The number of morpholine rings is 1. The lowest BCUT2D eigenvalue weighted by molar-refractivity contribution is -0.140. The van der Waals surface area contributed by atoms with Gasteiger partial charge in [0.25, 0.3) is 0 Å². The van der Waals surface area contributed by atoms with E-state index in [-0.39, 0.29) is 23.2 Å². The molecular weight excluding hydrogens is 309 g/mol.